The maximum absolute atomic E-state index is 13.0. The summed E-state index contributed by atoms with van der Waals surface area (Å²) >= 11 is 1.04. The van der Waals surface area contributed by atoms with Gasteiger partial charge in [0.25, 0.3) is 11.1 Å². The van der Waals surface area contributed by atoms with Crippen molar-refractivity contribution < 1.29 is 9.59 Å². The molecule has 0 radical (unpaired) electrons. The Balaban J connectivity index is 1.67. The molecule has 1 saturated heterocycles. The third kappa shape index (κ3) is 4.11. The van der Waals surface area contributed by atoms with E-state index in [9.17, 15) is 9.59 Å². The second-order valence-corrected chi connectivity index (χ2v) is 10.9. The number of hydrogen-bond donors (Lipinski definition) is 0. The van der Waals surface area contributed by atoms with Crippen LogP contribution in [0.3, 0.4) is 0 Å². The van der Waals surface area contributed by atoms with Crippen molar-refractivity contribution in [2.24, 2.45) is 0 Å². The molecule has 0 saturated carbocycles. The van der Waals surface area contributed by atoms with Crippen LogP contribution >= 0.6 is 11.8 Å². The number of benzene rings is 2. The normalized spacial score (nSPS) is 21.6. The molecular weight excluding hydrogens is 416 g/mol. The fraction of sp³-hybridized carbons (Fsp3) is 0.407. The second-order valence-electron chi connectivity index (χ2n) is 9.90. The summed E-state index contributed by atoms with van der Waals surface area (Å²) in [6, 6.07) is 14.5. The van der Waals surface area contributed by atoms with Gasteiger partial charge in [0.2, 0.25) is 0 Å². The zero-order valence-corrected chi connectivity index (χ0v) is 20.6. The fourth-order valence-corrected chi connectivity index (χ4v) is 6.12. The molecule has 168 valence electrons. The molecule has 32 heavy (non-hydrogen) atoms. The fourth-order valence-electron chi connectivity index (χ4n) is 5.29. The lowest BCUT2D eigenvalue weighted by Crippen LogP contribution is -2.51. The van der Waals surface area contributed by atoms with Gasteiger partial charge in [0.05, 0.1) is 11.4 Å². The van der Waals surface area contributed by atoms with Crippen molar-refractivity contribution in [2.75, 3.05) is 4.90 Å². The SMILES string of the molecule is Cc1cc2c(cc1/C=C1\SC(=O)N(Cc3ccccc3)C1=O)[C@@H](C)CC(C)(C)N2C(C)C. The van der Waals surface area contributed by atoms with Gasteiger partial charge in [0.1, 0.15) is 0 Å². The Labute approximate surface area is 195 Å². The lowest BCUT2D eigenvalue weighted by atomic mass is 9.78. The zero-order valence-electron chi connectivity index (χ0n) is 19.8. The van der Waals surface area contributed by atoms with E-state index in [1.807, 2.05) is 36.4 Å². The van der Waals surface area contributed by atoms with Gasteiger partial charge in [-0.25, -0.2) is 0 Å². The highest BCUT2D eigenvalue weighted by atomic mass is 32.2. The second kappa shape index (κ2) is 8.43. The summed E-state index contributed by atoms with van der Waals surface area (Å²) in [4.78, 5) is 30.0. The number of fused-ring (bicyclic) bond motifs is 1. The first kappa shape index (κ1) is 22.7. The van der Waals surface area contributed by atoms with Crippen molar-refractivity contribution in [1.29, 1.82) is 0 Å². The van der Waals surface area contributed by atoms with Gasteiger partial charge in [-0.05, 0) is 99.2 Å². The highest BCUT2D eigenvalue weighted by molar-refractivity contribution is 8.18. The van der Waals surface area contributed by atoms with Gasteiger partial charge in [-0.3, -0.25) is 14.5 Å². The monoisotopic (exact) mass is 448 g/mol. The molecule has 2 aliphatic heterocycles. The Hall–Kier alpha value is -2.53. The third-order valence-electron chi connectivity index (χ3n) is 6.52. The smallest absolute Gasteiger partial charge is 0.293 e. The molecule has 1 fully saturated rings. The molecule has 2 amide bonds. The number of anilines is 1. The molecule has 2 aromatic rings. The zero-order chi connectivity index (χ0) is 23.2. The Morgan fingerprint density at radius 3 is 2.50 bits per heavy atom. The summed E-state index contributed by atoms with van der Waals surface area (Å²) in [7, 11) is 0. The van der Waals surface area contributed by atoms with Crippen LogP contribution in [0.1, 0.15) is 69.2 Å². The van der Waals surface area contributed by atoms with Gasteiger partial charge >= 0.3 is 0 Å². The Bertz CT molecular complexity index is 1090. The number of carbonyl (C=O) groups excluding carboxylic acids is 2. The van der Waals surface area contributed by atoms with Gasteiger partial charge in [-0.1, -0.05) is 37.3 Å². The lowest BCUT2D eigenvalue weighted by molar-refractivity contribution is -0.123. The number of nitrogens with zero attached hydrogens (tertiary/aromatic N) is 2. The molecule has 5 heteroatoms. The van der Waals surface area contributed by atoms with Crippen molar-refractivity contribution in [3.8, 4) is 0 Å². The maximum Gasteiger partial charge on any atom is 0.293 e. The van der Waals surface area contributed by atoms with Gasteiger partial charge in [-0.2, -0.15) is 0 Å². The van der Waals surface area contributed by atoms with Crippen molar-refractivity contribution in [3.63, 3.8) is 0 Å². The number of hydrogen-bond acceptors (Lipinski definition) is 4. The first-order valence-electron chi connectivity index (χ1n) is 11.3. The summed E-state index contributed by atoms with van der Waals surface area (Å²) in [6.07, 6.45) is 2.98. The molecule has 4 rings (SSSR count). The first-order valence-corrected chi connectivity index (χ1v) is 12.1. The van der Waals surface area contributed by atoms with Crippen LogP contribution in [0.15, 0.2) is 47.4 Å². The van der Waals surface area contributed by atoms with E-state index in [2.05, 4.69) is 58.6 Å². The van der Waals surface area contributed by atoms with E-state index in [1.54, 1.807) is 0 Å². The van der Waals surface area contributed by atoms with Crippen LogP contribution in [0.5, 0.6) is 0 Å². The van der Waals surface area contributed by atoms with E-state index in [-0.39, 0.29) is 16.7 Å². The molecule has 2 heterocycles. The topological polar surface area (TPSA) is 40.6 Å². The minimum atomic E-state index is -0.209. The number of imide groups is 1. The number of aryl methyl sites for hydroxylation is 1. The average Bonchev–Trinajstić information content (AvgIpc) is 2.96. The minimum Gasteiger partial charge on any atom is -0.364 e. The molecule has 4 nitrogen and oxygen atoms in total. The van der Waals surface area contributed by atoms with Crippen LogP contribution in [0.2, 0.25) is 0 Å². The average molecular weight is 449 g/mol. The number of carbonyl (C=O) groups is 2. The molecule has 0 unspecified atom stereocenters. The van der Waals surface area contributed by atoms with Crippen molar-refractivity contribution in [3.05, 3.63) is 69.6 Å². The molecular formula is C27H32N2O2S. The van der Waals surface area contributed by atoms with Crippen molar-refractivity contribution >= 4 is 34.7 Å². The summed E-state index contributed by atoms with van der Waals surface area (Å²) in [6.45, 7) is 13.8. The maximum atomic E-state index is 13.0. The molecule has 1 atom stereocenters. The van der Waals surface area contributed by atoms with Gasteiger partial charge in [0.15, 0.2) is 0 Å². The van der Waals surface area contributed by atoms with Crippen molar-refractivity contribution in [2.45, 2.75) is 72.0 Å². The largest absolute Gasteiger partial charge is 0.364 e. The van der Waals surface area contributed by atoms with Crippen LogP contribution in [-0.2, 0) is 11.3 Å². The van der Waals surface area contributed by atoms with Crippen LogP contribution < -0.4 is 4.90 Å². The Kier molecular flexibility index (Phi) is 5.97. The van der Waals surface area contributed by atoms with Gasteiger partial charge in [0, 0.05) is 17.3 Å². The Morgan fingerprint density at radius 1 is 1.16 bits per heavy atom. The first-order chi connectivity index (χ1) is 15.1. The number of thioether (sulfide) groups is 1. The molecule has 2 aliphatic rings. The third-order valence-corrected chi connectivity index (χ3v) is 7.43. The van der Waals surface area contributed by atoms with E-state index in [0.717, 1.165) is 34.9 Å². The standard InChI is InChI=1S/C27H32N2O2S/c1-17(2)29-23-12-18(3)21(13-22(23)19(4)15-27(29,5)6)14-24-25(30)28(26(31)32-24)16-20-10-8-7-9-11-20/h7-14,17,19H,15-16H2,1-6H3/b24-14-/t19-/m0/s1. The van der Waals surface area contributed by atoms with Gasteiger partial charge < -0.3 is 4.90 Å². The Morgan fingerprint density at radius 2 is 1.84 bits per heavy atom. The van der Waals surface area contributed by atoms with E-state index >= 15 is 0 Å². The van der Waals surface area contributed by atoms with Gasteiger partial charge in [-0.15, -0.1) is 0 Å². The summed E-state index contributed by atoms with van der Waals surface area (Å²) < 4.78 is 0. The van der Waals surface area contributed by atoms with Crippen LogP contribution in [0.25, 0.3) is 6.08 Å². The van der Waals surface area contributed by atoms with E-state index in [0.29, 0.717) is 23.4 Å². The van der Waals surface area contributed by atoms with E-state index < -0.39 is 0 Å². The summed E-state index contributed by atoms with van der Waals surface area (Å²) in [5.74, 6) is 0.217. The van der Waals surface area contributed by atoms with E-state index in [1.165, 1.54) is 16.2 Å². The number of amides is 2. The molecule has 2 aromatic carbocycles. The molecule has 0 spiro atoms. The van der Waals surface area contributed by atoms with Crippen LogP contribution in [0.4, 0.5) is 10.5 Å². The predicted octanol–water partition coefficient (Wildman–Crippen LogP) is 6.73. The van der Waals surface area contributed by atoms with Crippen molar-refractivity contribution in [1.82, 2.24) is 4.90 Å². The van der Waals surface area contributed by atoms with E-state index in [4.69, 9.17) is 0 Å². The molecule has 0 aliphatic carbocycles. The molecule has 0 aromatic heterocycles. The summed E-state index contributed by atoms with van der Waals surface area (Å²) in [5, 5.41) is -0.207. The molecule has 0 N–H and O–H groups in total. The highest BCUT2D eigenvalue weighted by Gasteiger charge is 2.38. The molecule has 0 bridgehead atoms. The van der Waals surface area contributed by atoms with Crippen LogP contribution in [-0.4, -0.2) is 27.6 Å². The summed E-state index contributed by atoms with van der Waals surface area (Å²) in [5.41, 5.74) is 5.79. The minimum absolute atomic E-state index is 0.0919. The quantitative estimate of drug-likeness (QED) is 0.486. The van der Waals surface area contributed by atoms with Crippen LogP contribution in [0, 0.1) is 6.92 Å². The number of rotatable bonds is 4. The predicted molar refractivity (Wildman–Crippen MR) is 134 cm³/mol. The highest BCUT2D eigenvalue weighted by Crippen LogP contribution is 2.46. The lowest BCUT2D eigenvalue weighted by Gasteiger charge is -2.50.